The molecule has 1 saturated heterocycles. The van der Waals surface area contributed by atoms with E-state index < -0.39 is 4.92 Å². The highest BCUT2D eigenvalue weighted by molar-refractivity contribution is 6.35. The molecule has 7 nitrogen and oxygen atoms in total. The first-order valence-corrected chi connectivity index (χ1v) is 12.0. The van der Waals surface area contributed by atoms with Crippen LogP contribution in [0.15, 0.2) is 60.7 Å². The summed E-state index contributed by atoms with van der Waals surface area (Å²) in [5.41, 5.74) is 3.07. The van der Waals surface area contributed by atoms with Gasteiger partial charge in [0.1, 0.15) is 12.4 Å². The summed E-state index contributed by atoms with van der Waals surface area (Å²) in [5, 5.41) is 12.3. The Morgan fingerprint density at radius 3 is 2.49 bits per heavy atom. The Bertz CT molecular complexity index is 1240. The van der Waals surface area contributed by atoms with Crippen molar-refractivity contribution in [3.8, 4) is 5.75 Å². The second-order valence-corrected chi connectivity index (χ2v) is 9.34. The minimum atomic E-state index is -0.416. The van der Waals surface area contributed by atoms with Gasteiger partial charge in [-0.1, -0.05) is 41.4 Å². The predicted molar refractivity (Wildman–Crippen MR) is 136 cm³/mol. The molecule has 3 aromatic rings. The summed E-state index contributed by atoms with van der Waals surface area (Å²) in [6, 6.07) is 17.6. The zero-order chi connectivity index (χ0) is 24.9. The minimum absolute atomic E-state index is 0.0118. The number of carbonyl (C=O) groups is 1. The molecule has 3 aromatic carbocycles. The first-order chi connectivity index (χ1) is 16.8. The molecule has 0 unspecified atom stereocenters. The second kappa shape index (κ2) is 11.1. The number of aryl methyl sites for hydroxylation is 1. The van der Waals surface area contributed by atoms with Gasteiger partial charge in [-0.3, -0.25) is 19.8 Å². The van der Waals surface area contributed by atoms with E-state index in [1.807, 2.05) is 41.3 Å². The van der Waals surface area contributed by atoms with Gasteiger partial charge in [0.15, 0.2) is 0 Å². The Kier molecular flexibility index (Phi) is 7.90. The summed E-state index contributed by atoms with van der Waals surface area (Å²) >= 11 is 12.3. The molecule has 0 N–H and O–H groups in total. The highest BCUT2D eigenvalue weighted by atomic mass is 35.5. The molecular formula is C26H25Cl2N3O4. The molecule has 1 fully saturated rings. The number of benzene rings is 3. The van der Waals surface area contributed by atoms with E-state index >= 15 is 0 Å². The Labute approximate surface area is 214 Å². The van der Waals surface area contributed by atoms with E-state index in [2.05, 4.69) is 4.90 Å². The van der Waals surface area contributed by atoms with E-state index in [1.165, 1.54) is 6.07 Å². The van der Waals surface area contributed by atoms with E-state index in [0.29, 0.717) is 46.6 Å². The first kappa shape index (κ1) is 25.0. The lowest BCUT2D eigenvalue weighted by Gasteiger charge is -2.35. The average molecular weight is 514 g/mol. The molecule has 35 heavy (non-hydrogen) atoms. The normalized spacial score (nSPS) is 14.1. The number of hydrogen-bond donors (Lipinski definition) is 0. The summed E-state index contributed by atoms with van der Waals surface area (Å²) in [6.45, 7) is 5.43. The van der Waals surface area contributed by atoms with Crippen molar-refractivity contribution in [2.24, 2.45) is 0 Å². The van der Waals surface area contributed by atoms with Crippen molar-refractivity contribution in [2.75, 3.05) is 26.2 Å². The van der Waals surface area contributed by atoms with Crippen LogP contribution >= 0.6 is 23.2 Å². The van der Waals surface area contributed by atoms with Crippen LogP contribution in [0.25, 0.3) is 0 Å². The maximum Gasteiger partial charge on any atom is 0.272 e. The fraction of sp³-hybridized carbons (Fsp3) is 0.269. The molecule has 1 amide bonds. The van der Waals surface area contributed by atoms with E-state index in [0.717, 1.165) is 24.2 Å². The number of piperazine rings is 1. The summed E-state index contributed by atoms with van der Waals surface area (Å²) in [4.78, 5) is 27.8. The Balaban J connectivity index is 1.32. The van der Waals surface area contributed by atoms with Gasteiger partial charge in [-0.2, -0.15) is 0 Å². The molecule has 182 valence electrons. The van der Waals surface area contributed by atoms with Gasteiger partial charge in [-0.05, 0) is 54.4 Å². The van der Waals surface area contributed by atoms with Crippen molar-refractivity contribution in [2.45, 2.75) is 20.1 Å². The maximum atomic E-state index is 13.1. The smallest absolute Gasteiger partial charge is 0.272 e. The van der Waals surface area contributed by atoms with E-state index in [9.17, 15) is 14.9 Å². The fourth-order valence-electron chi connectivity index (χ4n) is 4.07. The highest BCUT2D eigenvalue weighted by Crippen LogP contribution is 2.25. The van der Waals surface area contributed by atoms with Crippen LogP contribution in [0.3, 0.4) is 0 Å². The number of carbonyl (C=O) groups excluding carboxylic acids is 1. The topological polar surface area (TPSA) is 75.9 Å². The monoisotopic (exact) mass is 513 g/mol. The number of hydrogen-bond acceptors (Lipinski definition) is 5. The van der Waals surface area contributed by atoms with Gasteiger partial charge in [0.05, 0.1) is 4.92 Å². The molecule has 1 aliphatic heterocycles. The van der Waals surface area contributed by atoms with Gasteiger partial charge in [0.2, 0.25) is 0 Å². The van der Waals surface area contributed by atoms with Gasteiger partial charge < -0.3 is 9.64 Å². The molecular weight excluding hydrogens is 489 g/mol. The number of rotatable bonds is 7. The zero-order valence-corrected chi connectivity index (χ0v) is 20.8. The van der Waals surface area contributed by atoms with Gasteiger partial charge >= 0.3 is 0 Å². The molecule has 0 aliphatic carbocycles. The summed E-state index contributed by atoms with van der Waals surface area (Å²) in [6.07, 6.45) is 0. The molecule has 1 aliphatic rings. The van der Waals surface area contributed by atoms with Crippen molar-refractivity contribution in [1.29, 1.82) is 0 Å². The van der Waals surface area contributed by atoms with Crippen LogP contribution in [0.5, 0.6) is 5.75 Å². The van der Waals surface area contributed by atoms with Crippen molar-refractivity contribution >= 4 is 34.8 Å². The molecule has 0 spiro atoms. The quantitative estimate of drug-likeness (QED) is 0.297. The van der Waals surface area contributed by atoms with Crippen LogP contribution in [0, 0.1) is 17.0 Å². The van der Waals surface area contributed by atoms with Gasteiger partial charge in [-0.15, -0.1) is 0 Å². The highest BCUT2D eigenvalue weighted by Gasteiger charge is 2.23. The van der Waals surface area contributed by atoms with Gasteiger partial charge in [-0.25, -0.2) is 0 Å². The largest absolute Gasteiger partial charge is 0.489 e. The van der Waals surface area contributed by atoms with E-state index in [-0.39, 0.29) is 18.2 Å². The van der Waals surface area contributed by atoms with Crippen molar-refractivity contribution in [1.82, 2.24) is 9.80 Å². The number of ether oxygens (including phenoxy) is 1. The molecule has 0 radical (unpaired) electrons. The predicted octanol–water partition coefficient (Wildman–Crippen LogP) is 5.75. The minimum Gasteiger partial charge on any atom is -0.489 e. The number of amides is 1. The van der Waals surface area contributed by atoms with Crippen LogP contribution < -0.4 is 4.74 Å². The van der Waals surface area contributed by atoms with Gasteiger partial charge in [0, 0.05) is 60.0 Å². The third-order valence-electron chi connectivity index (χ3n) is 6.01. The lowest BCUT2D eigenvalue weighted by atomic mass is 10.1. The molecule has 0 saturated carbocycles. The summed E-state index contributed by atoms with van der Waals surface area (Å²) in [7, 11) is 0. The Morgan fingerprint density at radius 2 is 1.80 bits per heavy atom. The van der Waals surface area contributed by atoms with Crippen LogP contribution in [0.1, 0.15) is 27.0 Å². The lowest BCUT2D eigenvalue weighted by Crippen LogP contribution is -2.48. The number of nitro benzene ring substituents is 1. The Morgan fingerprint density at radius 1 is 1.03 bits per heavy atom. The summed E-state index contributed by atoms with van der Waals surface area (Å²) < 4.78 is 5.80. The fourth-order valence-corrected chi connectivity index (χ4v) is 4.53. The van der Waals surface area contributed by atoms with Crippen LogP contribution in [0.2, 0.25) is 10.0 Å². The second-order valence-electron chi connectivity index (χ2n) is 8.50. The van der Waals surface area contributed by atoms with Crippen LogP contribution in [0.4, 0.5) is 5.69 Å². The first-order valence-electron chi connectivity index (χ1n) is 11.2. The molecule has 1 heterocycles. The number of nitro groups is 1. The molecule has 9 heteroatoms. The third-order valence-corrected chi connectivity index (χ3v) is 6.60. The van der Waals surface area contributed by atoms with Crippen molar-refractivity contribution in [3.63, 3.8) is 0 Å². The van der Waals surface area contributed by atoms with Crippen molar-refractivity contribution in [3.05, 3.63) is 103 Å². The van der Waals surface area contributed by atoms with Crippen molar-refractivity contribution < 1.29 is 14.5 Å². The lowest BCUT2D eigenvalue weighted by molar-refractivity contribution is -0.385. The van der Waals surface area contributed by atoms with Gasteiger partial charge in [0.25, 0.3) is 11.6 Å². The Hall–Kier alpha value is -3.13. The van der Waals surface area contributed by atoms with Crippen LogP contribution in [-0.4, -0.2) is 46.8 Å². The molecule has 4 rings (SSSR count). The number of nitrogens with zero attached hydrogens (tertiary/aromatic N) is 3. The average Bonchev–Trinajstić information content (AvgIpc) is 2.84. The summed E-state index contributed by atoms with van der Waals surface area (Å²) in [5.74, 6) is 0.531. The third kappa shape index (κ3) is 6.31. The zero-order valence-electron chi connectivity index (χ0n) is 19.2. The maximum absolute atomic E-state index is 13.1. The van der Waals surface area contributed by atoms with Crippen LogP contribution in [-0.2, 0) is 13.2 Å². The molecule has 0 atom stereocenters. The van der Waals surface area contributed by atoms with E-state index in [1.54, 1.807) is 25.1 Å². The number of halogens is 2. The molecule has 0 aromatic heterocycles. The SMILES string of the molecule is Cc1cc(OCc2cccc(C(=O)N3CCN(Cc4ccc(Cl)cc4Cl)CC3)c2)ccc1[N+](=O)[O-]. The molecule has 0 bridgehead atoms. The standard InChI is InChI=1S/C26H25Cl2N3O4/c1-18-13-23(7-8-25(18)31(33)34)35-17-19-3-2-4-20(14-19)26(32)30-11-9-29(10-12-30)16-21-5-6-22(27)15-24(21)28/h2-8,13-15H,9-12,16-17H2,1H3. The van der Waals surface area contributed by atoms with E-state index in [4.69, 9.17) is 27.9 Å².